The number of aromatic nitrogens is 1. The molecule has 21 heavy (non-hydrogen) atoms. The molecule has 3 nitrogen and oxygen atoms in total. The molecule has 0 unspecified atom stereocenters. The lowest BCUT2D eigenvalue weighted by molar-refractivity contribution is 0.951. The zero-order chi connectivity index (χ0) is 14.2. The first-order valence-corrected chi connectivity index (χ1v) is 8.28. The van der Waals surface area contributed by atoms with E-state index in [2.05, 4.69) is 58.4 Å². The topological polar surface area (TPSA) is 42.1 Å². The molecule has 0 saturated carbocycles. The molecule has 0 spiro atoms. The number of benzene rings is 2. The van der Waals surface area contributed by atoms with E-state index >= 15 is 0 Å². The molecule has 2 N–H and O–H groups in total. The minimum absolute atomic E-state index is 0.623. The van der Waals surface area contributed by atoms with Gasteiger partial charge in [0, 0.05) is 20.9 Å². The van der Waals surface area contributed by atoms with Crippen LogP contribution in [0.25, 0.3) is 0 Å². The summed E-state index contributed by atoms with van der Waals surface area (Å²) < 4.78 is 0. The van der Waals surface area contributed by atoms with Gasteiger partial charge in [-0.1, -0.05) is 36.0 Å². The number of nitrogens with two attached hydrogens (primary N) is 1. The molecule has 1 aliphatic heterocycles. The van der Waals surface area contributed by atoms with Crippen molar-refractivity contribution in [3.05, 3.63) is 59.6 Å². The fourth-order valence-electron chi connectivity index (χ4n) is 2.50. The molecule has 0 amide bonds. The zero-order valence-electron chi connectivity index (χ0n) is 11.2. The van der Waals surface area contributed by atoms with Gasteiger partial charge in [0.2, 0.25) is 0 Å². The number of thiazole rings is 1. The first-order valence-electron chi connectivity index (χ1n) is 6.65. The summed E-state index contributed by atoms with van der Waals surface area (Å²) in [5, 5.41) is 0.623. The Balaban J connectivity index is 1.81. The van der Waals surface area contributed by atoms with Crippen LogP contribution in [0.2, 0.25) is 0 Å². The maximum absolute atomic E-state index is 5.76. The highest BCUT2D eigenvalue weighted by molar-refractivity contribution is 7.99. The van der Waals surface area contributed by atoms with E-state index in [0.717, 1.165) is 6.54 Å². The molecule has 0 fully saturated rings. The second kappa shape index (κ2) is 5.09. The van der Waals surface area contributed by atoms with Gasteiger partial charge in [-0.2, -0.15) is 0 Å². The monoisotopic (exact) mass is 311 g/mol. The van der Waals surface area contributed by atoms with Crippen LogP contribution in [0, 0.1) is 0 Å². The Hall–Kier alpha value is -1.98. The van der Waals surface area contributed by atoms with E-state index in [4.69, 9.17) is 5.73 Å². The largest absolute Gasteiger partial charge is 0.375 e. The molecule has 2 aromatic carbocycles. The van der Waals surface area contributed by atoms with Crippen LogP contribution in [0.3, 0.4) is 0 Å². The second-order valence-electron chi connectivity index (χ2n) is 4.79. The molecule has 4 rings (SSSR count). The van der Waals surface area contributed by atoms with Crippen LogP contribution in [0.1, 0.15) is 4.88 Å². The average molecular weight is 311 g/mol. The molecular formula is C16H13N3S2. The van der Waals surface area contributed by atoms with Gasteiger partial charge in [0.15, 0.2) is 5.13 Å². The molecule has 0 bridgehead atoms. The van der Waals surface area contributed by atoms with E-state index in [9.17, 15) is 0 Å². The van der Waals surface area contributed by atoms with Gasteiger partial charge < -0.3 is 10.6 Å². The molecule has 0 aliphatic carbocycles. The lowest BCUT2D eigenvalue weighted by atomic mass is 10.2. The van der Waals surface area contributed by atoms with Crippen molar-refractivity contribution in [1.82, 2.24) is 4.98 Å². The molecule has 3 aromatic rings. The van der Waals surface area contributed by atoms with Crippen molar-refractivity contribution in [3.8, 4) is 0 Å². The molecule has 0 atom stereocenters. The summed E-state index contributed by atoms with van der Waals surface area (Å²) in [6, 6.07) is 17.0. The molecular weight excluding hydrogens is 298 g/mol. The predicted molar refractivity (Wildman–Crippen MR) is 89.4 cm³/mol. The van der Waals surface area contributed by atoms with E-state index in [1.807, 2.05) is 18.0 Å². The van der Waals surface area contributed by atoms with Gasteiger partial charge in [-0.05, 0) is 24.3 Å². The van der Waals surface area contributed by atoms with Gasteiger partial charge in [0.1, 0.15) is 0 Å². The molecule has 0 saturated heterocycles. The van der Waals surface area contributed by atoms with E-state index < -0.39 is 0 Å². The van der Waals surface area contributed by atoms with Crippen LogP contribution in [0.4, 0.5) is 16.5 Å². The van der Waals surface area contributed by atoms with Crippen molar-refractivity contribution < 1.29 is 0 Å². The Kier molecular flexibility index (Phi) is 3.09. The van der Waals surface area contributed by atoms with Gasteiger partial charge in [0.05, 0.1) is 17.9 Å². The normalized spacial score (nSPS) is 12.9. The molecule has 104 valence electrons. The summed E-state index contributed by atoms with van der Waals surface area (Å²) in [6.07, 6.45) is 1.87. The Morgan fingerprint density at radius 1 is 0.952 bits per heavy atom. The van der Waals surface area contributed by atoms with Crippen LogP contribution < -0.4 is 10.6 Å². The van der Waals surface area contributed by atoms with Crippen molar-refractivity contribution in [2.45, 2.75) is 16.3 Å². The Morgan fingerprint density at radius 3 is 2.14 bits per heavy atom. The summed E-state index contributed by atoms with van der Waals surface area (Å²) in [5.74, 6) is 0. The first kappa shape index (κ1) is 12.7. The van der Waals surface area contributed by atoms with Crippen molar-refractivity contribution in [2.24, 2.45) is 0 Å². The standard InChI is InChI=1S/C16H13N3S2/c17-16-18-9-11(20-16)10-19-12-5-1-3-7-14(12)21-15-8-4-2-6-13(15)19/h1-9H,10H2,(H2,17,18). The fraction of sp³-hybridized carbons (Fsp3) is 0.0625. The Morgan fingerprint density at radius 2 is 1.57 bits per heavy atom. The van der Waals surface area contributed by atoms with Crippen LogP contribution in [0.5, 0.6) is 0 Å². The smallest absolute Gasteiger partial charge is 0.180 e. The van der Waals surface area contributed by atoms with Gasteiger partial charge >= 0.3 is 0 Å². The summed E-state index contributed by atoms with van der Waals surface area (Å²) in [5.41, 5.74) is 8.25. The highest BCUT2D eigenvalue weighted by Crippen LogP contribution is 2.48. The van der Waals surface area contributed by atoms with Crippen LogP contribution >= 0.6 is 23.1 Å². The summed E-state index contributed by atoms with van der Waals surface area (Å²) >= 11 is 3.37. The average Bonchev–Trinajstić information content (AvgIpc) is 2.92. The third kappa shape index (κ3) is 2.28. The number of rotatable bonds is 2. The maximum atomic E-state index is 5.76. The van der Waals surface area contributed by atoms with Crippen molar-refractivity contribution >= 4 is 39.6 Å². The van der Waals surface area contributed by atoms with E-state index in [0.29, 0.717) is 5.13 Å². The van der Waals surface area contributed by atoms with Crippen LogP contribution in [-0.2, 0) is 6.54 Å². The highest BCUT2D eigenvalue weighted by Gasteiger charge is 2.23. The molecule has 5 heteroatoms. The lowest BCUT2D eigenvalue weighted by Gasteiger charge is -2.32. The number of fused-ring (bicyclic) bond motifs is 2. The van der Waals surface area contributed by atoms with E-state index in [-0.39, 0.29) is 0 Å². The lowest BCUT2D eigenvalue weighted by Crippen LogP contribution is -2.19. The number of anilines is 3. The Labute approximate surface area is 131 Å². The zero-order valence-corrected chi connectivity index (χ0v) is 12.8. The van der Waals surface area contributed by atoms with Gasteiger partial charge in [0.25, 0.3) is 0 Å². The van der Waals surface area contributed by atoms with Crippen LogP contribution in [-0.4, -0.2) is 4.98 Å². The van der Waals surface area contributed by atoms with Crippen molar-refractivity contribution in [1.29, 1.82) is 0 Å². The number of nitrogen functional groups attached to an aromatic ring is 1. The van der Waals surface area contributed by atoms with Crippen molar-refractivity contribution in [3.63, 3.8) is 0 Å². The minimum Gasteiger partial charge on any atom is -0.375 e. The predicted octanol–water partition coefficient (Wildman–Crippen LogP) is 4.53. The number of nitrogens with zero attached hydrogens (tertiary/aromatic N) is 2. The van der Waals surface area contributed by atoms with Crippen LogP contribution in [0.15, 0.2) is 64.5 Å². The van der Waals surface area contributed by atoms with Gasteiger partial charge in [-0.25, -0.2) is 4.98 Å². The summed E-state index contributed by atoms with van der Waals surface area (Å²) in [7, 11) is 0. The Bertz CT molecular complexity index is 752. The molecule has 2 heterocycles. The molecule has 0 radical (unpaired) electrons. The molecule has 1 aromatic heterocycles. The third-order valence-corrected chi connectivity index (χ3v) is 5.36. The quantitative estimate of drug-likeness (QED) is 0.755. The summed E-state index contributed by atoms with van der Waals surface area (Å²) in [4.78, 5) is 10.2. The van der Waals surface area contributed by atoms with E-state index in [1.54, 1.807) is 11.3 Å². The summed E-state index contributed by atoms with van der Waals surface area (Å²) in [6.45, 7) is 0.795. The van der Waals surface area contributed by atoms with Gasteiger partial charge in [-0.15, -0.1) is 11.3 Å². The van der Waals surface area contributed by atoms with Gasteiger partial charge in [-0.3, -0.25) is 0 Å². The number of hydrogen-bond donors (Lipinski definition) is 1. The second-order valence-corrected chi connectivity index (χ2v) is 7.02. The highest BCUT2D eigenvalue weighted by atomic mass is 32.2. The third-order valence-electron chi connectivity index (χ3n) is 3.42. The maximum Gasteiger partial charge on any atom is 0.180 e. The fourth-order valence-corrected chi connectivity index (χ4v) is 4.27. The number of para-hydroxylation sites is 2. The number of hydrogen-bond acceptors (Lipinski definition) is 5. The minimum atomic E-state index is 0.623. The van der Waals surface area contributed by atoms with E-state index in [1.165, 1.54) is 26.0 Å². The SMILES string of the molecule is Nc1ncc(CN2c3ccccc3Sc3ccccc32)s1. The van der Waals surface area contributed by atoms with Crippen molar-refractivity contribution in [2.75, 3.05) is 10.6 Å². The molecule has 1 aliphatic rings. The first-order chi connectivity index (χ1) is 10.3.